The van der Waals surface area contributed by atoms with Crippen molar-refractivity contribution in [3.8, 4) is 33.6 Å². The first-order valence-corrected chi connectivity index (χ1v) is 12.7. The van der Waals surface area contributed by atoms with Gasteiger partial charge in [0.1, 0.15) is 5.69 Å². The summed E-state index contributed by atoms with van der Waals surface area (Å²) in [5, 5.41) is 5.17. The monoisotopic (exact) mass is 484 g/mol. The van der Waals surface area contributed by atoms with Crippen molar-refractivity contribution in [3.05, 3.63) is 91.0 Å². The van der Waals surface area contributed by atoms with Gasteiger partial charge in [0.15, 0.2) is 0 Å². The van der Waals surface area contributed by atoms with Gasteiger partial charge in [-0.1, -0.05) is 110 Å². The number of esters is 1. The molecule has 0 saturated carbocycles. The molecule has 0 saturated heterocycles. The lowest BCUT2D eigenvalue weighted by Gasteiger charge is -2.11. The zero-order chi connectivity index (χ0) is 24.3. The van der Waals surface area contributed by atoms with E-state index in [0.29, 0.717) is 13.0 Å². The number of unbranched alkanes of at least 4 members (excludes halogenated alkanes) is 4. The van der Waals surface area contributed by atoms with Crippen LogP contribution in [-0.4, -0.2) is 27.8 Å². The molecule has 4 aromatic rings. The summed E-state index contributed by atoms with van der Waals surface area (Å²) in [4.78, 5) is 11.5. The van der Waals surface area contributed by atoms with E-state index >= 15 is 0 Å². The fourth-order valence-electron chi connectivity index (χ4n) is 4.48. The molecule has 5 heteroatoms. The van der Waals surface area contributed by atoms with Gasteiger partial charge in [0.2, 0.25) is 0 Å². The Hall–Kier alpha value is -3.70. The summed E-state index contributed by atoms with van der Waals surface area (Å²) in [6.07, 6.45) is 5.73. The van der Waals surface area contributed by atoms with E-state index in [9.17, 15) is 4.79 Å². The second-order valence-electron chi connectivity index (χ2n) is 8.72. The third-order valence-electron chi connectivity index (χ3n) is 6.17. The third kappa shape index (κ3) is 6.92. The van der Waals surface area contributed by atoms with Gasteiger partial charge in [-0.2, -0.15) is 5.10 Å². The number of ether oxygens (including phenoxy) is 1. The molecule has 188 valence electrons. The van der Waals surface area contributed by atoms with E-state index in [1.807, 2.05) is 13.0 Å². The van der Waals surface area contributed by atoms with Crippen molar-refractivity contribution in [2.75, 3.05) is 6.61 Å². The highest BCUT2D eigenvalue weighted by molar-refractivity contribution is 5.91. The van der Waals surface area contributed by atoms with Gasteiger partial charge in [0.25, 0.3) is 0 Å². The van der Waals surface area contributed by atoms with Crippen LogP contribution in [0, 0.1) is 0 Å². The highest BCUT2D eigenvalue weighted by atomic mass is 16.5. The fourth-order valence-corrected chi connectivity index (χ4v) is 4.48. The number of rotatable bonds is 12. The maximum absolute atomic E-state index is 11.5. The van der Waals surface area contributed by atoms with Gasteiger partial charge < -0.3 is 10.2 Å². The summed E-state index contributed by atoms with van der Waals surface area (Å²) in [6.45, 7) is 3.17. The van der Waals surface area contributed by atoms with Crippen molar-refractivity contribution < 1.29 is 15.0 Å². The smallest absolute Gasteiger partial charge is 0.305 e. The molecule has 2 N–H and O–H groups in total. The number of hydrogen-bond acceptors (Lipinski definition) is 3. The predicted octanol–water partition coefficient (Wildman–Crippen LogP) is 6.96. The minimum Gasteiger partial charge on any atom is -0.466 e. The molecule has 0 aliphatic carbocycles. The number of hydrogen-bond donors (Lipinski definition) is 0. The molecule has 5 nitrogen and oxygen atoms in total. The van der Waals surface area contributed by atoms with Gasteiger partial charge >= 0.3 is 5.97 Å². The Morgan fingerprint density at radius 2 is 1.25 bits per heavy atom. The molecule has 1 heterocycles. The SMILES string of the molecule is CCOC(=O)CCCCCCCn1nc(-c2ccccc2)c(-c2ccccc2)c1-c1ccccc1.O. The van der Waals surface area contributed by atoms with Gasteiger partial charge in [0.05, 0.1) is 12.3 Å². The number of benzene rings is 3. The molecule has 0 amide bonds. The van der Waals surface area contributed by atoms with Crippen LogP contribution in [0.15, 0.2) is 91.0 Å². The molecular formula is C31H36N2O3. The average Bonchev–Trinajstić information content (AvgIpc) is 3.29. The number of aryl methyl sites for hydroxylation is 1. The normalized spacial score (nSPS) is 10.6. The molecule has 0 aliphatic rings. The van der Waals surface area contributed by atoms with Crippen molar-refractivity contribution in [1.82, 2.24) is 9.78 Å². The van der Waals surface area contributed by atoms with E-state index < -0.39 is 0 Å². The maximum atomic E-state index is 11.5. The summed E-state index contributed by atoms with van der Waals surface area (Å²) in [7, 11) is 0. The quantitative estimate of drug-likeness (QED) is 0.161. The van der Waals surface area contributed by atoms with E-state index in [1.54, 1.807) is 0 Å². The minimum absolute atomic E-state index is 0. The Labute approximate surface area is 214 Å². The first-order valence-electron chi connectivity index (χ1n) is 12.7. The maximum Gasteiger partial charge on any atom is 0.305 e. The van der Waals surface area contributed by atoms with Gasteiger partial charge in [-0.15, -0.1) is 0 Å². The van der Waals surface area contributed by atoms with Crippen LogP contribution < -0.4 is 0 Å². The molecule has 4 rings (SSSR count). The molecule has 36 heavy (non-hydrogen) atoms. The van der Waals surface area contributed by atoms with Crippen LogP contribution in [0.1, 0.15) is 45.4 Å². The molecule has 1 aromatic heterocycles. The molecular weight excluding hydrogens is 448 g/mol. The van der Waals surface area contributed by atoms with Gasteiger partial charge in [-0.05, 0) is 25.3 Å². The Kier molecular flexibility index (Phi) is 10.5. The standard InChI is InChI=1S/C31H34N2O2.H2O/c1-2-35-28(34)23-15-4-3-5-16-24-33-31(27-21-13-8-14-22-27)29(25-17-9-6-10-18-25)30(32-33)26-19-11-7-12-20-26;/h6-14,17-22H,2-5,15-16,23-24H2,1H3;1H2. The molecule has 0 spiro atoms. The number of carbonyl (C=O) groups excluding carboxylic acids is 1. The topological polar surface area (TPSA) is 75.6 Å². The summed E-state index contributed by atoms with van der Waals surface area (Å²) >= 11 is 0. The van der Waals surface area contributed by atoms with Crippen molar-refractivity contribution in [2.24, 2.45) is 0 Å². The lowest BCUT2D eigenvalue weighted by atomic mass is 9.96. The summed E-state index contributed by atoms with van der Waals surface area (Å²) in [6, 6.07) is 31.6. The predicted molar refractivity (Wildman–Crippen MR) is 146 cm³/mol. The molecule has 0 fully saturated rings. The van der Waals surface area contributed by atoms with Crippen LogP contribution >= 0.6 is 0 Å². The Bertz CT molecular complexity index is 1190. The Balaban J connectivity index is 0.00000361. The lowest BCUT2D eigenvalue weighted by molar-refractivity contribution is -0.143. The first-order chi connectivity index (χ1) is 17.3. The molecule has 0 bridgehead atoms. The highest BCUT2D eigenvalue weighted by Gasteiger charge is 2.21. The summed E-state index contributed by atoms with van der Waals surface area (Å²) in [5.41, 5.74) is 6.84. The molecule has 3 aromatic carbocycles. The molecule has 0 radical (unpaired) electrons. The first kappa shape index (κ1) is 26.9. The lowest BCUT2D eigenvalue weighted by Crippen LogP contribution is -2.04. The average molecular weight is 485 g/mol. The third-order valence-corrected chi connectivity index (χ3v) is 6.17. The minimum atomic E-state index is -0.0848. The number of carbonyl (C=O) groups is 1. The van der Waals surface area contributed by atoms with Crippen LogP contribution in [-0.2, 0) is 16.1 Å². The number of aromatic nitrogens is 2. The van der Waals surface area contributed by atoms with E-state index in [1.165, 1.54) is 16.7 Å². The van der Waals surface area contributed by atoms with Crippen LogP contribution in [0.5, 0.6) is 0 Å². The number of nitrogens with zero attached hydrogens (tertiary/aromatic N) is 2. The van der Waals surface area contributed by atoms with Gasteiger partial charge in [-0.3, -0.25) is 9.48 Å². The van der Waals surface area contributed by atoms with Crippen LogP contribution in [0.4, 0.5) is 0 Å². The largest absolute Gasteiger partial charge is 0.466 e. The second-order valence-corrected chi connectivity index (χ2v) is 8.72. The van der Waals surface area contributed by atoms with Crippen molar-refractivity contribution in [2.45, 2.75) is 52.0 Å². The van der Waals surface area contributed by atoms with E-state index in [4.69, 9.17) is 9.84 Å². The van der Waals surface area contributed by atoms with Crippen LogP contribution in [0.3, 0.4) is 0 Å². The van der Waals surface area contributed by atoms with E-state index in [-0.39, 0.29) is 11.4 Å². The van der Waals surface area contributed by atoms with Crippen molar-refractivity contribution in [3.63, 3.8) is 0 Å². The van der Waals surface area contributed by atoms with Crippen molar-refractivity contribution in [1.29, 1.82) is 0 Å². The Morgan fingerprint density at radius 1 is 0.722 bits per heavy atom. The van der Waals surface area contributed by atoms with Gasteiger partial charge in [0, 0.05) is 29.7 Å². The second kappa shape index (κ2) is 14.0. The van der Waals surface area contributed by atoms with E-state index in [0.717, 1.165) is 55.6 Å². The van der Waals surface area contributed by atoms with Crippen LogP contribution in [0.25, 0.3) is 33.6 Å². The zero-order valence-electron chi connectivity index (χ0n) is 21.0. The molecule has 0 atom stereocenters. The summed E-state index contributed by atoms with van der Waals surface area (Å²) < 4.78 is 7.21. The zero-order valence-corrected chi connectivity index (χ0v) is 21.0. The summed E-state index contributed by atoms with van der Waals surface area (Å²) in [5.74, 6) is -0.0848. The molecule has 0 aliphatic heterocycles. The Morgan fingerprint density at radius 3 is 1.86 bits per heavy atom. The van der Waals surface area contributed by atoms with Crippen LogP contribution in [0.2, 0.25) is 0 Å². The molecule has 0 unspecified atom stereocenters. The van der Waals surface area contributed by atoms with Gasteiger partial charge in [-0.25, -0.2) is 0 Å². The highest BCUT2D eigenvalue weighted by Crippen LogP contribution is 2.40. The van der Waals surface area contributed by atoms with E-state index in [2.05, 4.69) is 89.6 Å². The fraction of sp³-hybridized carbons (Fsp3) is 0.290. The van der Waals surface area contributed by atoms with Crippen molar-refractivity contribution >= 4 is 5.97 Å².